The quantitative estimate of drug-likeness (QED) is 0.557. The number of ether oxygens (including phenoxy) is 2. The average molecular weight is 431 g/mol. The molecule has 7 heteroatoms. The fraction of sp³-hybridized carbons (Fsp3) is 0.273. The van der Waals surface area contributed by atoms with E-state index in [9.17, 15) is 4.79 Å². The number of rotatable bonds is 6. The minimum absolute atomic E-state index is 0.110. The predicted molar refractivity (Wildman–Crippen MR) is 121 cm³/mol. The van der Waals surface area contributed by atoms with E-state index in [0.29, 0.717) is 27.3 Å². The van der Waals surface area contributed by atoms with Gasteiger partial charge in [-0.1, -0.05) is 42.4 Å². The second-order valence-electron chi connectivity index (χ2n) is 6.55. The highest BCUT2D eigenvalue weighted by Crippen LogP contribution is 2.34. The second kappa shape index (κ2) is 9.37. The molecule has 1 aliphatic rings. The Bertz CT molecular complexity index is 955. The molecule has 29 heavy (non-hydrogen) atoms. The largest absolute Gasteiger partial charge is 0.495 e. The van der Waals surface area contributed by atoms with Crippen molar-refractivity contribution in [1.29, 1.82) is 0 Å². The Morgan fingerprint density at radius 2 is 1.93 bits per heavy atom. The lowest BCUT2D eigenvalue weighted by molar-refractivity contribution is -0.113. The summed E-state index contributed by atoms with van der Waals surface area (Å²) < 4.78 is 10.9. The summed E-state index contributed by atoms with van der Waals surface area (Å²) in [5.74, 6) is 1.95. The van der Waals surface area contributed by atoms with Crippen molar-refractivity contribution in [2.45, 2.75) is 26.9 Å². The summed E-state index contributed by atoms with van der Waals surface area (Å²) in [6, 6.07) is 12.9. The molecule has 2 aromatic carbocycles. The second-order valence-corrected chi connectivity index (χ2v) is 8.19. The number of halogens is 1. The highest BCUT2D eigenvalue weighted by Gasteiger charge is 2.32. The molecule has 1 amide bonds. The molecule has 0 aliphatic carbocycles. The number of carbonyl (C=O) groups is 1. The lowest BCUT2D eigenvalue weighted by Crippen LogP contribution is -2.30. The molecule has 0 saturated carbocycles. The lowest BCUT2D eigenvalue weighted by Gasteiger charge is -2.18. The van der Waals surface area contributed by atoms with Gasteiger partial charge in [-0.05, 0) is 61.6 Å². The van der Waals surface area contributed by atoms with Crippen LogP contribution in [0.1, 0.15) is 26.3 Å². The third kappa shape index (κ3) is 4.95. The molecule has 0 bridgehead atoms. The van der Waals surface area contributed by atoms with Gasteiger partial charge in [-0.25, -0.2) is 4.99 Å². The van der Waals surface area contributed by atoms with Crippen LogP contribution in [0.5, 0.6) is 11.5 Å². The van der Waals surface area contributed by atoms with Gasteiger partial charge in [0, 0.05) is 0 Å². The third-order valence-electron chi connectivity index (χ3n) is 4.05. The van der Waals surface area contributed by atoms with Gasteiger partial charge in [0.1, 0.15) is 17.2 Å². The summed E-state index contributed by atoms with van der Waals surface area (Å²) in [5.41, 5.74) is 1.92. The number of methoxy groups -OCH3 is 1. The summed E-state index contributed by atoms with van der Waals surface area (Å²) in [7, 11) is 1.56. The molecule has 5 nitrogen and oxygen atoms in total. The van der Waals surface area contributed by atoms with Crippen LogP contribution in [0.4, 0.5) is 5.69 Å². The topological polar surface area (TPSA) is 51.1 Å². The van der Waals surface area contributed by atoms with Gasteiger partial charge >= 0.3 is 0 Å². The molecule has 1 aliphatic heterocycles. The van der Waals surface area contributed by atoms with Gasteiger partial charge in [-0.3, -0.25) is 9.69 Å². The molecule has 0 fully saturated rings. The first-order valence-electron chi connectivity index (χ1n) is 9.30. The van der Waals surface area contributed by atoms with Gasteiger partial charge in [-0.15, -0.1) is 0 Å². The highest BCUT2D eigenvalue weighted by atomic mass is 35.5. The van der Waals surface area contributed by atoms with Crippen LogP contribution < -0.4 is 14.4 Å². The van der Waals surface area contributed by atoms with Crippen LogP contribution in [-0.4, -0.2) is 30.0 Å². The summed E-state index contributed by atoms with van der Waals surface area (Å²) in [6.07, 6.45) is 1.89. The first kappa shape index (κ1) is 21.3. The molecular weight excluding hydrogens is 408 g/mol. The number of thioether (sulfide) groups is 1. The molecule has 3 rings (SSSR count). The van der Waals surface area contributed by atoms with Crippen LogP contribution >= 0.6 is 23.4 Å². The maximum atomic E-state index is 13.1. The normalized spacial score (nSPS) is 15.2. The molecule has 0 radical (unpaired) electrons. The summed E-state index contributed by atoms with van der Waals surface area (Å²) in [6.45, 7) is 5.98. The zero-order valence-electron chi connectivity index (χ0n) is 16.8. The number of nitrogens with zero attached hydrogens (tertiary/aromatic N) is 2. The fourth-order valence-electron chi connectivity index (χ4n) is 2.82. The van der Waals surface area contributed by atoms with Gasteiger partial charge in [0.25, 0.3) is 5.91 Å². The Kier molecular flexibility index (Phi) is 6.87. The van der Waals surface area contributed by atoms with Gasteiger partial charge in [-0.2, -0.15) is 0 Å². The van der Waals surface area contributed by atoms with Gasteiger partial charge in [0.2, 0.25) is 0 Å². The molecule has 0 spiro atoms. The molecule has 0 unspecified atom stereocenters. The van der Waals surface area contributed by atoms with Crippen molar-refractivity contribution in [3.05, 3.63) is 58.7 Å². The number of aliphatic imine (C=N–C) groups is 1. The summed E-state index contributed by atoms with van der Waals surface area (Å²) in [5, 5.41) is 1.07. The first-order valence-corrected chi connectivity index (χ1v) is 10.7. The van der Waals surface area contributed by atoms with E-state index in [0.717, 1.165) is 17.1 Å². The summed E-state index contributed by atoms with van der Waals surface area (Å²) in [4.78, 5) is 19.3. The lowest BCUT2D eigenvalue weighted by atomic mass is 10.2. The Hall–Kier alpha value is -2.44. The number of amides is 1. The Balaban J connectivity index is 1.90. The fourth-order valence-corrected chi connectivity index (χ4v) is 3.81. The van der Waals surface area contributed by atoms with Gasteiger partial charge in [0.15, 0.2) is 5.17 Å². The smallest absolute Gasteiger partial charge is 0.283 e. The van der Waals surface area contributed by atoms with Gasteiger partial charge < -0.3 is 9.47 Å². The number of carbonyl (C=O) groups excluding carboxylic acids is 1. The van der Waals surface area contributed by atoms with Crippen LogP contribution in [-0.2, 0) is 4.79 Å². The van der Waals surface area contributed by atoms with E-state index < -0.39 is 0 Å². The number of amidine groups is 1. The van der Waals surface area contributed by atoms with Crippen molar-refractivity contribution in [3.63, 3.8) is 0 Å². The first-order chi connectivity index (χ1) is 13.9. The van der Waals surface area contributed by atoms with E-state index in [1.54, 1.807) is 36.3 Å². The van der Waals surface area contributed by atoms with Crippen molar-refractivity contribution in [2.24, 2.45) is 4.99 Å². The van der Waals surface area contributed by atoms with Gasteiger partial charge in [0.05, 0.1) is 23.9 Å². The van der Waals surface area contributed by atoms with E-state index in [-0.39, 0.29) is 12.0 Å². The predicted octanol–water partition coefficient (Wildman–Crippen LogP) is 5.63. The molecule has 0 aromatic heterocycles. The van der Waals surface area contributed by atoms with E-state index in [4.69, 9.17) is 21.1 Å². The Labute approximate surface area is 180 Å². The Morgan fingerprint density at radius 1 is 1.21 bits per heavy atom. The van der Waals surface area contributed by atoms with E-state index >= 15 is 0 Å². The molecule has 0 saturated heterocycles. The standard InChI is InChI=1S/C22H23ClN2O3S/c1-5-29-22-24-19(12-15-6-9-17(10-7-15)28-14(2)3)21(26)25(22)16-8-11-20(27-4)18(23)13-16/h6-14H,5H2,1-4H3/b19-12+. The van der Waals surface area contributed by atoms with Crippen molar-refractivity contribution < 1.29 is 14.3 Å². The highest BCUT2D eigenvalue weighted by molar-refractivity contribution is 8.14. The van der Waals surface area contributed by atoms with Crippen molar-refractivity contribution in [3.8, 4) is 11.5 Å². The third-order valence-corrected chi connectivity index (χ3v) is 5.17. The van der Waals surface area contributed by atoms with E-state index in [2.05, 4.69) is 4.99 Å². The van der Waals surface area contributed by atoms with Crippen LogP contribution in [0.15, 0.2) is 53.2 Å². The van der Waals surface area contributed by atoms with Crippen LogP contribution in [0.2, 0.25) is 5.02 Å². The zero-order valence-corrected chi connectivity index (χ0v) is 18.4. The SMILES string of the molecule is CCSC1=N/C(=C/c2ccc(OC(C)C)cc2)C(=O)N1c1ccc(OC)c(Cl)c1. The molecular formula is C22H23ClN2O3S. The van der Waals surface area contributed by atoms with Crippen molar-refractivity contribution in [2.75, 3.05) is 17.8 Å². The van der Waals surface area contributed by atoms with Crippen molar-refractivity contribution in [1.82, 2.24) is 0 Å². The monoisotopic (exact) mass is 430 g/mol. The van der Waals surface area contributed by atoms with Crippen LogP contribution in [0, 0.1) is 0 Å². The molecule has 152 valence electrons. The number of hydrogen-bond donors (Lipinski definition) is 0. The maximum Gasteiger partial charge on any atom is 0.283 e. The minimum atomic E-state index is -0.190. The van der Waals surface area contributed by atoms with E-state index in [1.807, 2.05) is 45.0 Å². The van der Waals surface area contributed by atoms with E-state index in [1.165, 1.54) is 11.8 Å². The number of hydrogen-bond acceptors (Lipinski definition) is 5. The molecule has 2 aromatic rings. The van der Waals surface area contributed by atoms with Crippen LogP contribution in [0.3, 0.4) is 0 Å². The average Bonchev–Trinajstić information content (AvgIpc) is 2.98. The maximum absolute atomic E-state index is 13.1. The minimum Gasteiger partial charge on any atom is -0.495 e. The molecule has 0 N–H and O–H groups in total. The number of benzene rings is 2. The Morgan fingerprint density at radius 3 is 2.52 bits per heavy atom. The molecule has 0 atom stereocenters. The molecule has 1 heterocycles. The van der Waals surface area contributed by atoms with Crippen molar-refractivity contribution >= 4 is 46.2 Å². The van der Waals surface area contributed by atoms with Crippen LogP contribution in [0.25, 0.3) is 6.08 Å². The zero-order chi connectivity index (χ0) is 21.0. The summed E-state index contributed by atoms with van der Waals surface area (Å²) >= 11 is 7.77. The number of anilines is 1.